The van der Waals surface area contributed by atoms with E-state index in [1.807, 2.05) is 0 Å². The lowest BCUT2D eigenvalue weighted by Crippen LogP contribution is -2.34. The molecule has 0 unspecified atom stereocenters. The summed E-state index contributed by atoms with van der Waals surface area (Å²) in [5, 5.41) is 2.72. The van der Waals surface area contributed by atoms with Crippen LogP contribution in [0, 0.1) is 0 Å². The molecule has 1 aliphatic heterocycles. The van der Waals surface area contributed by atoms with Crippen LogP contribution in [0.15, 0.2) is 22.9 Å². The number of nitrogens with zero attached hydrogens (tertiary/aromatic N) is 2. The van der Waals surface area contributed by atoms with Crippen molar-refractivity contribution in [2.75, 3.05) is 18.4 Å². The molecule has 6 heteroatoms. The fraction of sp³-hybridized carbons (Fsp3) is 0.364. The molecule has 2 amide bonds. The van der Waals surface area contributed by atoms with Gasteiger partial charge < -0.3 is 10.2 Å². The van der Waals surface area contributed by atoms with E-state index in [0.29, 0.717) is 23.3 Å². The minimum absolute atomic E-state index is 0.0467. The van der Waals surface area contributed by atoms with E-state index in [1.54, 1.807) is 23.2 Å². The zero-order chi connectivity index (χ0) is 12.3. The Morgan fingerprint density at radius 1 is 1.59 bits per heavy atom. The van der Waals surface area contributed by atoms with E-state index in [4.69, 9.17) is 0 Å². The van der Waals surface area contributed by atoms with Gasteiger partial charge in [0.05, 0.1) is 12.2 Å². The van der Waals surface area contributed by atoms with Crippen LogP contribution < -0.4 is 5.32 Å². The molecule has 2 rings (SSSR count). The SMILES string of the molecule is O=C(CN1CCCC1=O)Nc1cccnc1Br. The number of nitrogens with one attached hydrogen (secondary N) is 1. The molecule has 0 atom stereocenters. The van der Waals surface area contributed by atoms with Gasteiger partial charge >= 0.3 is 0 Å². The zero-order valence-corrected chi connectivity index (χ0v) is 10.7. The Kier molecular flexibility index (Phi) is 3.73. The standard InChI is InChI=1S/C11H12BrN3O2/c12-11-8(3-1-5-13-11)14-9(16)7-15-6-2-4-10(15)17/h1,3,5H,2,4,6-7H2,(H,14,16). The molecule has 0 bridgehead atoms. The van der Waals surface area contributed by atoms with Gasteiger partial charge in [0, 0.05) is 19.2 Å². The van der Waals surface area contributed by atoms with Gasteiger partial charge in [-0.25, -0.2) is 4.98 Å². The number of pyridine rings is 1. The number of halogens is 1. The van der Waals surface area contributed by atoms with Crippen LogP contribution in [-0.2, 0) is 9.59 Å². The highest BCUT2D eigenvalue weighted by Gasteiger charge is 2.22. The van der Waals surface area contributed by atoms with Crippen molar-refractivity contribution in [2.45, 2.75) is 12.8 Å². The van der Waals surface area contributed by atoms with Crippen LogP contribution in [-0.4, -0.2) is 34.8 Å². The quantitative estimate of drug-likeness (QED) is 0.858. The van der Waals surface area contributed by atoms with E-state index in [-0.39, 0.29) is 18.4 Å². The average molecular weight is 298 g/mol. The third-order valence-electron chi connectivity index (χ3n) is 2.54. The van der Waals surface area contributed by atoms with Gasteiger partial charge in [-0.3, -0.25) is 9.59 Å². The largest absolute Gasteiger partial charge is 0.333 e. The summed E-state index contributed by atoms with van der Waals surface area (Å²) in [6, 6.07) is 3.49. The Bertz CT molecular complexity index is 450. The van der Waals surface area contributed by atoms with Crippen molar-refractivity contribution in [3.05, 3.63) is 22.9 Å². The van der Waals surface area contributed by atoms with Gasteiger partial charge in [0.2, 0.25) is 11.8 Å². The molecule has 1 aliphatic rings. The van der Waals surface area contributed by atoms with Gasteiger partial charge in [-0.1, -0.05) is 0 Å². The number of carbonyl (C=O) groups excluding carboxylic acids is 2. The predicted octanol–water partition coefficient (Wildman–Crippen LogP) is 1.41. The Morgan fingerprint density at radius 3 is 3.06 bits per heavy atom. The molecule has 0 saturated carbocycles. The summed E-state index contributed by atoms with van der Waals surface area (Å²) in [5.41, 5.74) is 0.615. The molecule has 1 saturated heterocycles. The molecule has 2 heterocycles. The van der Waals surface area contributed by atoms with Crippen molar-refractivity contribution in [1.29, 1.82) is 0 Å². The van der Waals surface area contributed by atoms with Crippen LogP contribution in [0.1, 0.15) is 12.8 Å². The summed E-state index contributed by atoms with van der Waals surface area (Å²) in [6.07, 6.45) is 3.01. The summed E-state index contributed by atoms with van der Waals surface area (Å²) >= 11 is 3.24. The molecule has 0 aromatic carbocycles. The molecule has 1 fully saturated rings. The third-order valence-corrected chi connectivity index (χ3v) is 3.17. The van der Waals surface area contributed by atoms with Gasteiger partial charge in [0.25, 0.3) is 0 Å². The van der Waals surface area contributed by atoms with Gasteiger partial charge in [-0.15, -0.1) is 0 Å². The average Bonchev–Trinajstić information content (AvgIpc) is 2.68. The molecule has 0 radical (unpaired) electrons. The van der Waals surface area contributed by atoms with Crippen LogP contribution in [0.4, 0.5) is 5.69 Å². The molecular weight excluding hydrogens is 286 g/mol. The second-order valence-electron chi connectivity index (χ2n) is 3.81. The van der Waals surface area contributed by atoms with Crippen molar-refractivity contribution in [2.24, 2.45) is 0 Å². The minimum atomic E-state index is -0.200. The second-order valence-corrected chi connectivity index (χ2v) is 4.56. The molecule has 0 aliphatic carbocycles. The summed E-state index contributed by atoms with van der Waals surface area (Å²) in [6.45, 7) is 0.778. The van der Waals surface area contributed by atoms with Crippen LogP contribution >= 0.6 is 15.9 Å². The number of amides is 2. The maximum Gasteiger partial charge on any atom is 0.244 e. The highest BCUT2D eigenvalue weighted by atomic mass is 79.9. The smallest absolute Gasteiger partial charge is 0.244 e. The first-order valence-corrected chi connectivity index (χ1v) is 6.14. The first kappa shape index (κ1) is 12.0. The predicted molar refractivity (Wildman–Crippen MR) is 66.4 cm³/mol. The third kappa shape index (κ3) is 3.03. The highest BCUT2D eigenvalue weighted by Crippen LogP contribution is 2.18. The van der Waals surface area contributed by atoms with Gasteiger partial charge in [0.15, 0.2) is 0 Å². The summed E-state index contributed by atoms with van der Waals surface area (Å²) in [4.78, 5) is 28.6. The molecule has 1 aromatic heterocycles. The Labute approximate surface area is 107 Å². The fourth-order valence-electron chi connectivity index (χ4n) is 1.71. The molecule has 0 spiro atoms. The van der Waals surface area contributed by atoms with Gasteiger partial charge in [-0.05, 0) is 34.5 Å². The lowest BCUT2D eigenvalue weighted by molar-refractivity contribution is -0.131. The van der Waals surface area contributed by atoms with Crippen molar-refractivity contribution in [3.8, 4) is 0 Å². The Balaban J connectivity index is 1.93. The molecule has 1 N–H and O–H groups in total. The first-order valence-electron chi connectivity index (χ1n) is 5.35. The van der Waals surface area contributed by atoms with Crippen molar-refractivity contribution >= 4 is 33.4 Å². The first-order chi connectivity index (χ1) is 8.16. The minimum Gasteiger partial charge on any atom is -0.333 e. The monoisotopic (exact) mass is 297 g/mol. The molecule has 1 aromatic rings. The molecular formula is C11H12BrN3O2. The van der Waals surface area contributed by atoms with E-state index >= 15 is 0 Å². The zero-order valence-electron chi connectivity index (χ0n) is 9.15. The van der Waals surface area contributed by atoms with Crippen molar-refractivity contribution < 1.29 is 9.59 Å². The van der Waals surface area contributed by atoms with Crippen molar-refractivity contribution in [1.82, 2.24) is 9.88 Å². The fourth-order valence-corrected chi connectivity index (χ4v) is 2.06. The second kappa shape index (κ2) is 5.27. The molecule has 90 valence electrons. The van der Waals surface area contributed by atoms with E-state index in [1.165, 1.54) is 0 Å². The number of rotatable bonds is 3. The number of likely N-dealkylation sites (tertiary alicyclic amines) is 1. The Morgan fingerprint density at radius 2 is 2.41 bits per heavy atom. The number of carbonyl (C=O) groups is 2. The van der Waals surface area contributed by atoms with Crippen LogP contribution in [0.5, 0.6) is 0 Å². The summed E-state index contributed by atoms with van der Waals surface area (Å²) < 4.78 is 0.584. The van der Waals surface area contributed by atoms with Gasteiger partial charge in [0.1, 0.15) is 4.60 Å². The molecule has 5 nitrogen and oxygen atoms in total. The normalized spacial score (nSPS) is 15.1. The maximum atomic E-state index is 11.7. The van der Waals surface area contributed by atoms with Crippen molar-refractivity contribution in [3.63, 3.8) is 0 Å². The van der Waals surface area contributed by atoms with Crippen LogP contribution in [0.3, 0.4) is 0 Å². The summed E-state index contributed by atoms with van der Waals surface area (Å²) in [5.74, 6) is -0.153. The van der Waals surface area contributed by atoms with E-state index < -0.39 is 0 Å². The highest BCUT2D eigenvalue weighted by molar-refractivity contribution is 9.10. The maximum absolute atomic E-state index is 11.7. The van der Waals surface area contributed by atoms with Crippen LogP contribution in [0.2, 0.25) is 0 Å². The lowest BCUT2D eigenvalue weighted by atomic mass is 10.4. The van der Waals surface area contributed by atoms with Crippen LogP contribution in [0.25, 0.3) is 0 Å². The topological polar surface area (TPSA) is 62.3 Å². The van der Waals surface area contributed by atoms with Gasteiger partial charge in [-0.2, -0.15) is 0 Å². The lowest BCUT2D eigenvalue weighted by Gasteiger charge is -2.15. The number of aromatic nitrogens is 1. The van der Waals surface area contributed by atoms with E-state index in [0.717, 1.165) is 6.42 Å². The summed E-state index contributed by atoms with van der Waals surface area (Å²) in [7, 11) is 0. The van der Waals surface area contributed by atoms with E-state index in [9.17, 15) is 9.59 Å². The number of anilines is 1. The number of hydrogen-bond acceptors (Lipinski definition) is 3. The molecule has 17 heavy (non-hydrogen) atoms. The number of hydrogen-bond donors (Lipinski definition) is 1. The Hall–Kier alpha value is -1.43. The van der Waals surface area contributed by atoms with E-state index in [2.05, 4.69) is 26.2 Å².